The average molecular weight is 315 g/mol. The van der Waals surface area contributed by atoms with E-state index in [1.807, 2.05) is 5.57 Å². The Morgan fingerprint density at radius 2 is 1.87 bits per heavy atom. The van der Waals surface area contributed by atoms with E-state index in [1.54, 1.807) is 5.57 Å². The fourth-order valence-electron chi connectivity index (χ4n) is 7.07. The summed E-state index contributed by atoms with van der Waals surface area (Å²) in [6.07, 6.45) is 16.7. The Bertz CT molecular complexity index is 524. The highest BCUT2D eigenvalue weighted by Gasteiger charge is 2.55. The van der Waals surface area contributed by atoms with Crippen LogP contribution in [0.15, 0.2) is 23.3 Å². The van der Waals surface area contributed by atoms with E-state index in [9.17, 15) is 0 Å². The Labute approximate surface area is 144 Å². The second-order valence-corrected chi connectivity index (χ2v) is 9.42. The SMILES string of the molecule is C.C/C=C1/CCC2C3CC[C@@H]4C[C@H](C)CC[C@]4(C)C3=CC[C@]12C. The van der Waals surface area contributed by atoms with Gasteiger partial charge in [0.1, 0.15) is 0 Å². The van der Waals surface area contributed by atoms with Gasteiger partial charge < -0.3 is 0 Å². The van der Waals surface area contributed by atoms with Gasteiger partial charge in [0, 0.05) is 0 Å². The molecule has 0 aromatic heterocycles. The third-order valence-corrected chi connectivity index (χ3v) is 8.49. The first-order valence-electron chi connectivity index (χ1n) is 9.85. The van der Waals surface area contributed by atoms with Gasteiger partial charge in [-0.15, -0.1) is 0 Å². The second kappa shape index (κ2) is 5.78. The number of hydrogen-bond donors (Lipinski definition) is 0. The van der Waals surface area contributed by atoms with Crippen LogP contribution in [0.3, 0.4) is 0 Å². The highest BCUT2D eigenvalue weighted by atomic mass is 14.6. The van der Waals surface area contributed by atoms with Crippen molar-refractivity contribution in [1.82, 2.24) is 0 Å². The minimum absolute atomic E-state index is 0. The molecule has 0 N–H and O–H groups in total. The topological polar surface area (TPSA) is 0 Å². The molecule has 0 spiro atoms. The van der Waals surface area contributed by atoms with Gasteiger partial charge in [-0.2, -0.15) is 0 Å². The maximum atomic E-state index is 2.73. The van der Waals surface area contributed by atoms with Gasteiger partial charge in [-0.1, -0.05) is 51.5 Å². The summed E-state index contributed by atoms with van der Waals surface area (Å²) in [6.45, 7) is 9.95. The first-order valence-corrected chi connectivity index (χ1v) is 9.85. The molecule has 0 amide bonds. The molecule has 0 nitrogen and oxygen atoms in total. The van der Waals surface area contributed by atoms with E-state index < -0.39 is 0 Å². The Kier molecular flexibility index (Phi) is 4.35. The van der Waals surface area contributed by atoms with Crippen molar-refractivity contribution in [2.45, 2.75) is 86.5 Å². The smallest absolute Gasteiger partial charge is 0.00479 e. The molecule has 6 atom stereocenters. The van der Waals surface area contributed by atoms with Crippen LogP contribution in [-0.2, 0) is 0 Å². The van der Waals surface area contributed by atoms with Crippen LogP contribution in [-0.4, -0.2) is 0 Å². The van der Waals surface area contributed by atoms with E-state index in [0.29, 0.717) is 10.8 Å². The summed E-state index contributed by atoms with van der Waals surface area (Å²) in [6, 6.07) is 0. The van der Waals surface area contributed by atoms with Gasteiger partial charge in [-0.05, 0) is 92.8 Å². The van der Waals surface area contributed by atoms with E-state index >= 15 is 0 Å². The summed E-state index contributed by atoms with van der Waals surface area (Å²) in [5.41, 5.74) is 4.72. The lowest BCUT2D eigenvalue weighted by atomic mass is 9.48. The molecule has 0 heteroatoms. The second-order valence-electron chi connectivity index (χ2n) is 9.42. The quantitative estimate of drug-likeness (QED) is 0.416. The number of rotatable bonds is 0. The molecule has 4 rings (SSSR count). The standard InChI is InChI=1S/C22H34.CH4/c1-5-16-7-9-19-18-8-6-17-14-15(2)10-12-22(17,4)20(18)11-13-21(16,19)3;/h5,11,15,17-19H,6-10,12-14H2,1-4H3;1H4/b16-5-;/t15-,17-,18?,19?,21-,22+;/m1./s1. The lowest BCUT2D eigenvalue weighted by Gasteiger charge is -2.56. The van der Waals surface area contributed by atoms with Crippen molar-refractivity contribution in [3.8, 4) is 0 Å². The number of allylic oxidation sites excluding steroid dienone is 4. The number of hydrogen-bond acceptors (Lipinski definition) is 0. The predicted molar refractivity (Wildman–Crippen MR) is 101 cm³/mol. The van der Waals surface area contributed by atoms with Gasteiger partial charge in [0.25, 0.3) is 0 Å². The van der Waals surface area contributed by atoms with Crippen molar-refractivity contribution in [1.29, 1.82) is 0 Å². The highest BCUT2D eigenvalue weighted by molar-refractivity contribution is 5.34. The molecular formula is C23H38. The van der Waals surface area contributed by atoms with Crippen LogP contribution in [0.5, 0.6) is 0 Å². The van der Waals surface area contributed by atoms with Crippen molar-refractivity contribution in [2.24, 2.45) is 34.5 Å². The summed E-state index contributed by atoms with van der Waals surface area (Å²) in [5, 5.41) is 0. The highest BCUT2D eigenvalue weighted by Crippen LogP contribution is 2.65. The van der Waals surface area contributed by atoms with Crippen LogP contribution >= 0.6 is 0 Å². The number of fused-ring (bicyclic) bond motifs is 5. The Balaban J connectivity index is 0.00000156. The molecular weight excluding hydrogens is 276 g/mol. The molecule has 130 valence electrons. The monoisotopic (exact) mass is 314 g/mol. The molecule has 0 heterocycles. The fraction of sp³-hybridized carbons (Fsp3) is 0.826. The Hall–Kier alpha value is -0.520. The van der Waals surface area contributed by atoms with Gasteiger partial charge in [0.2, 0.25) is 0 Å². The van der Waals surface area contributed by atoms with Gasteiger partial charge in [-0.25, -0.2) is 0 Å². The molecule has 0 saturated heterocycles. The zero-order valence-electron chi connectivity index (χ0n) is 15.1. The fourth-order valence-corrected chi connectivity index (χ4v) is 7.07. The molecule has 4 aliphatic carbocycles. The van der Waals surface area contributed by atoms with Crippen molar-refractivity contribution in [3.63, 3.8) is 0 Å². The predicted octanol–water partition coefficient (Wildman–Crippen LogP) is 7.17. The normalized spacial score (nSPS) is 50.4. The molecule has 4 aliphatic rings. The van der Waals surface area contributed by atoms with Gasteiger partial charge in [0.05, 0.1) is 0 Å². The van der Waals surface area contributed by atoms with E-state index in [1.165, 1.54) is 51.4 Å². The first-order chi connectivity index (χ1) is 10.5. The zero-order valence-corrected chi connectivity index (χ0v) is 15.1. The molecule has 0 aromatic carbocycles. The van der Waals surface area contributed by atoms with Crippen LogP contribution in [0.1, 0.15) is 86.5 Å². The molecule has 0 bridgehead atoms. The lowest BCUT2D eigenvalue weighted by molar-refractivity contribution is 0.0352. The summed E-state index contributed by atoms with van der Waals surface area (Å²) in [7, 11) is 0. The van der Waals surface area contributed by atoms with Crippen LogP contribution in [0, 0.1) is 34.5 Å². The molecule has 2 unspecified atom stereocenters. The Morgan fingerprint density at radius 3 is 2.61 bits per heavy atom. The van der Waals surface area contributed by atoms with E-state index in [0.717, 1.165) is 23.7 Å². The molecule has 23 heavy (non-hydrogen) atoms. The average Bonchev–Trinajstić information content (AvgIpc) is 2.84. The Morgan fingerprint density at radius 1 is 1.09 bits per heavy atom. The maximum Gasteiger partial charge on any atom is -0.00479 e. The largest absolute Gasteiger partial charge is 0.0879 e. The van der Waals surface area contributed by atoms with Crippen LogP contribution in [0.4, 0.5) is 0 Å². The molecule has 3 fully saturated rings. The van der Waals surface area contributed by atoms with Gasteiger partial charge >= 0.3 is 0 Å². The molecule has 0 aromatic rings. The van der Waals surface area contributed by atoms with Crippen LogP contribution in [0.25, 0.3) is 0 Å². The summed E-state index contributed by atoms with van der Waals surface area (Å²) in [5.74, 6) is 3.79. The summed E-state index contributed by atoms with van der Waals surface area (Å²) in [4.78, 5) is 0. The maximum absolute atomic E-state index is 2.73. The van der Waals surface area contributed by atoms with Crippen LogP contribution < -0.4 is 0 Å². The van der Waals surface area contributed by atoms with E-state index in [4.69, 9.17) is 0 Å². The van der Waals surface area contributed by atoms with Crippen molar-refractivity contribution < 1.29 is 0 Å². The summed E-state index contributed by atoms with van der Waals surface area (Å²) >= 11 is 0. The van der Waals surface area contributed by atoms with Gasteiger partial charge in [0.15, 0.2) is 0 Å². The van der Waals surface area contributed by atoms with Crippen molar-refractivity contribution in [2.75, 3.05) is 0 Å². The first kappa shape index (κ1) is 17.3. The van der Waals surface area contributed by atoms with Gasteiger partial charge in [-0.3, -0.25) is 0 Å². The summed E-state index contributed by atoms with van der Waals surface area (Å²) < 4.78 is 0. The molecule has 0 radical (unpaired) electrons. The van der Waals surface area contributed by atoms with Crippen molar-refractivity contribution >= 4 is 0 Å². The third-order valence-electron chi connectivity index (χ3n) is 8.49. The zero-order chi connectivity index (χ0) is 15.5. The minimum atomic E-state index is 0. The molecule has 3 saturated carbocycles. The molecule has 0 aliphatic heterocycles. The van der Waals surface area contributed by atoms with Crippen LogP contribution in [0.2, 0.25) is 0 Å². The third kappa shape index (κ3) is 2.30. The van der Waals surface area contributed by atoms with E-state index in [-0.39, 0.29) is 7.43 Å². The van der Waals surface area contributed by atoms with Crippen molar-refractivity contribution in [3.05, 3.63) is 23.3 Å². The van der Waals surface area contributed by atoms with E-state index in [2.05, 4.69) is 39.8 Å². The minimum Gasteiger partial charge on any atom is -0.0879 e. The lowest BCUT2D eigenvalue weighted by Crippen LogP contribution is -2.46.